The van der Waals surface area contributed by atoms with Gasteiger partial charge in [0, 0.05) is 31.9 Å². The molecule has 0 radical (unpaired) electrons. The number of piperidine rings is 2. The first-order valence-corrected chi connectivity index (χ1v) is 10.7. The zero-order valence-electron chi connectivity index (χ0n) is 18.3. The van der Waals surface area contributed by atoms with Crippen LogP contribution in [-0.2, 0) is 4.79 Å². The van der Waals surface area contributed by atoms with Crippen molar-refractivity contribution in [1.29, 1.82) is 5.26 Å². The number of anilines is 1. The first-order valence-electron chi connectivity index (χ1n) is 10.7. The molecule has 1 N–H and O–H groups in total. The summed E-state index contributed by atoms with van der Waals surface area (Å²) in [6, 6.07) is 6.09. The number of likely N-dealkylation sites (N-methyl/N-ethyl adjacent to an activating group) is 1. The molecule has 0 bridgehead atoms. The number of hydrogen-bond donors (Lipinski definition) is 1. The Balaban J connectivity index is 1.81. The van der Waals surface area contributed by atoms with Crippen LogP contribution in [0.1, 0.15) is 38.7 Å². The van der Waals surface area contributed by atoms with Crippen molar-refractivity contribution in [1.82, 2.24) is 10.2 Å². The maximum Gasteiger partial charge on any atom is 0.225 e. The van der Waals surface area contributed by atoms with Crippen LogP contribution in [0.4, 0.5) is 17.1 Å². The van der Waals surface area contributed by atoms with E-state index < -0.39 is 0 Å². The van der Waals surface area contributed by atoms with Crippen LogP contribution in [0.2, 0.25) is 0 Å². The summed E-state index contributed by atoms with van der Waals surface area (Å²) in [5, 5.41) is 12.7. The molecule has 3 rings (SSSR count). The van der Waals surface area contributed by atoms with Crippen LogP contribution in [-0.4, -0.2) is 63.0 Å². The Morgan fingerprint density at radius 1 is 1.33 bits per heavy atom. The quantitative estimate of drug-likeness (QED) is 0.758. The Kier molecular flexibility index (Phi) is 7.22. The molecule has 0 saturated carbocycles. The second-order valence-corrected chi connectivity index (χ2v) is 8.54. The molecule has 160 valence electrons. The number of amides is 1. The Bertz CT molecular complexity index is 858. The van der Waals surface area contributed by atoms with Gasteiger partial charge in [-0.2, -0.15) is 5.26 Å². The Morgan fingerprint density at radius 2 is 2.13 bits per heavy atom. The molecule has 1 amide bonds. The third-order valence-electron chi connectivity index (χ3n) is 6.01. The van der Waals surface area contributed by atoms with Gasteiger partial charge >= 0.3 is 0 Å². The molecule has 2 aliphatic rings. The molecule has 1 aromatic carbocycles. The predicted octanol–water partition coefficient (Wildman–Crippen LogP) is 3.29. The van der Waals surface area contributed by atoms with Crippen LogP contribution in [0.5, 0.6) is 0 Å². The Hall–Kier alpha value is -2.72. The average molecular weight is 409 g/mol. The zero-order valence-corrected chi connectivity index (χ0v) is 18.3. The van der Waals surface area contributed by atoms with Gasteiger partial charge in [-0.1, -0.05) is 6.92 Å². The molecule has 2 saturated heterocycles. The Morgan fingerprint density at radius 3 is 2.80 bits per heavy atom. The van der Waals surface area contributed by atoms with Crippen molar-refractivity contribution in [2.75, 3.05) is 38.1 Å². The van der Waals surface area contributed by atoms with Gasteiger partial charge in [-0.05, 0) is 64.5 Å². The van der Waals surface area contributed by atoms with Crippen LogP contribution in [0.25, 0.3) is 0 Å². The van der Waals surface area contributed by atoms with E-state index in [-0.39, 0.29) is 17.9 Å². The third kappa shape index (κ3) is 4.88. The van der Waals surface area contributed by atoms with Crippen molar-refractivity contribution in [3.05, 3.63) is 17.7 Å². The molecule has 7 heteroatoms. The Labute approximate surface area is 179 Å². The van der Waals surface area contributed by atoms with E-state index in [1.165, 1.54) is 0 Å². The van der Waals surface area contributed by atoms with E-state index in [2.05, 4.69) is 51.9 Å². The lowest BCUT2D eigenvalue weighted by Gasteiger charge is -2.39. The van der Waals surface area contributed by atoms with E-state index in [9.17, 15) is 10.1 Å². The highest BCUT2D eigenvalue weighted by Crippen LogP contribution is 2.42. The summed E-state index contributed by atoms with van der Waals surface area (Å²) in [6.07, 6.45) is 4.69. The summed E-state index contributed by atoms with van der Waals surface area (Å²) in [6.45, 7) is 11.2. The summed E-state index contributed by atoms with van der Waals surface area (Å²) in [5.41, 5.74) is 2.50. The number of nitriles is 1. The molecule has 30 heavy (non-hydrogen) atoms. The highest BCUT2D eigenvalue weighted by molar-refractivity contribution is 5.87. The zero-order chi connectivity index (χ0) is 21.7. The maximum atomic E-state index is 13.1. The minimum Gasteiger partial charge on any atom is -0.369 e. The topological polar surface area (TPSA) is 84.1 Å². The lowest BCUT2D eigenvalue weighted by Crippen LogP contribution is -2.51. The first-order chi connectivity index (χ1) is 14.5. The smallest absolute Gasteiger partial charge is 0.225 e. The van der Waals surface area contributed by atoms with Crippen molar-refractivity contribution in [2.24, 2.45) is 21.8 Å². The maximum absolute atomic E-state index is 13.1. The first kappa shape index (κ1) is 22.0. The van der Waals surface area contributed by atoms with E-state index in [1.807, 2.05) is 13.0 Å². The molecule has 0 aliphatic carbocycles. The van der Waals surface area contributed by atoms with Gasteiger partial charge in [-0.3, -0.25) is 14.8 Å². The fraction of sp³-hybridized carbons (Fsp3) is 0.565. The van der Waals surface area contributed by atoms with Gasteiger partial charge in [0.15, 0.2) is 0 Å². The van der Waals surface area contributed by atoms with Crippen molar-refractivity contribution in [2.45, 2.75) is 39.2 Å². The van der Waals surface area contributed by atoms with E-state index >= 15 is 0 Å². The molecular weight excluding hydrogens is 376 g/mol. The molecule has 2 heterocycles. The monoisotopic (exact) mass is 408 g/mol. The van der Waals surface area contributed by atoms with Gasteiger partial charge in [-0.15, -0.1) is 0 Å². The van der Waals surface area contributed by atoms with E-state index in [1.54, 1.807) is 12.3 Å². The SMILES string of the molecule is C=Nc1c(N2CC(C)CC(C(=O)NC3CCCN(C)C3)C2)ccc(C#N)c1/N=C\C. The van der Waals surface area contributed by atoms with Gasteiger partial charge in [0.25, 0.3) is 0 Å². The highest BCUT2D eigenvalue weighted by atomic mass is 16.2. The van der Waals surface area contributed by atoms with Gasteiger partial charge in [0.05, 0.1) is 17.2 Å². The fourth-order valence-corrected chi connectivity index (χ4v) is 4.67. The van der Waals surface area contributed by atoms with Gasteiger partial charge < -0.3 is 15.1 Å². The predicted molar refractivity (Wildman–Crippen MR) is 122 cm³/mol. The average Bonchev–Trinajstić information content (AvgIpc) is 2.73. The third-order valence-corrected chi connectivity index (χ3v) is 6.01. The van der Waals surface area contributed by atoms with Crippen molar-refractivity contribution in [3.63, 3.8) is 0 Å². The molecule has 3 unspecified atom stereocenters. The summed E-state index contributed by atoms with van der Waals surface area (Å²) >= 11 is 0. The lowest BCUT2D eigenvalue weighted by atomic mass is 9.88. The number of likely N-dealkylation sites (tertiary alicyclic amines) is 1. The number of nitrogens with one attached hydrogen (secondary N) is 1. The number of aliphatic imine (C=N–C) groups is 2. The molecule has 7 nitrogen and oxygen atoms in total. The summed E-state index contributed by atoms with van der Waals surface area (Å²) < 4.78 is 0. The standard InChI is InChI=1S/C23H32N6O/c1-5-26-21-17(12-24)8-9-20(22(21)25-3)29-13-16(2)11-18(14-29)23(30)27-19-7-6-10-28(4)15-19/h5,8-9,16,18-19H,3,6-7,10-11,13-15H2,1-2,4H3,(H,27,30)/b26-5-. The molecular formula is C23H32N6O. The van der Waals surface area contributed by atoms with E-state index in [0.29, 0.717) is 29.4 Å². The molecule has 3 atom stereocenters. The van der Waals surface area contributed by atoms with Crippen LogP contribution in [0, 0.1) is 23.2 Å². The number of nitrogens with zero attached hydrogens (tertiary/aromatic N) is 5. The molecule has 1 aromatic rings. The van der Waals surface area contributed by atoms with Crippen LogP contribution < -0.4 is 10.2 Å². The van der Waals surface area contributed by atoms with Gasteiger partial charge in [0.2, 0.25) is 5.91 Å². The minimum absolute atomic E-state index is 0.0765. The summed E-state index contributed by atoms with van der Waals surface area (Å²) in [4.78, 5) is 26.1. The summed E-state index contributed by atoms with van der Waals surface area (Å²) in [5.74, 6) is 0.433. The normalized spacial score (nSPS) is 25.1. The number of carbonyl (C=O) groups excluding carboxylic acids is 1. The van der Waals surface area contributed by atoms with Crippen LogP contribution in [0.3, 0.4) is 0 Å². The van der Waals surface area contributed by atoms with E-state index in [4.69, 9.17) is 0 Å². The second kappa shape index (κ2) is 9.86. The van der Waals surface area contributed by atoms with Crippen LogP contribution in [0.15, 0.2) is 22.1 Å². The highest BCUT2D eigenvalue weighted by Gasteiger charge is 2.32. The number of carbonyl (C=O) groups is 1. The molecule has 2 aliphatic heterocycles. The fourth-order valence-electron chi connectivity index (χ4n) is 4.67. The number of rotatable bonds is 5. The molecule has 2 fully saturated rings. The minimum atomic E-state index is -0.0765. The molecule has 0 spiro atoms. The second-order valence-electron chi connectivity index (χ2n) is 8.54. The number of benzene rings is 1. The van der Waals surface area contributed by atoms with Crippen LogP contribution >= 0.6 is 0 Å². The number of hydrogen-bond acceptors (Lipinski definition) is 6. The van der Waals surface area contributed by atoms with Crippen molar-refractivity contribution >= 4 is 35.9 Å². The van der Waals surface area contributed by atoms with Gasteiger partial charge in [-0.25, -0.2) is 0 Å². The summed E-state index contributed by atoms with van der Waals surface area (Å²) in [7, 11) is 2.10. The molecule has 0 aromatic heterocycles. The largest absolute Gasteiger partial charge is 0.369 e. The van der Waals surface area contributed by atoms with Crippen molar-refractivity contribution < 1.29 is 4.79 Å². The van der Waals surface area contributed by atoms with Gasteiger partial charge in [0.1, 0.15) is 17.4 Å². The lowest BCUT2D eigenvalue weighted by molar-refractivity contribution is -0.126. The van der Waals surface area contributed by atoms with Crippen molar-refractivity contribution in [3.8, 4) is 6.07 Å². The van der Waals surface area contributed by atoms with E-state index in [0.717, 1.165) is 44.6 Å².